The van der Waals surface area contributed by atoms with E-state index in [4.69, 9.17) is 4.99 Å². The average molecular weight is 501 g/mol. The zero-order valence-electron chi connectivity index (χ0n) is 16.6. The summed E-state index contributed by atoms with van der Waals surface area (Å²) in [5, 5.41) is 15.5. The van der Waals surface area contributed by atoms with Crippen LogP contribution in [-0.4, -0.2) is 78.6 Å². The minimum atomic E-state index is -0.148. The highest BCUT2D eigenvalue weighted by Crippen LogP contribution is 2.20. The summed E-state index contributed by atoms with van der Waals surface area (Å²) in [5.74, 6) is 0.952. The molecule has 8 heteroatoms. The molecule has 0 radical (unpaired) electrons. The Morgan fingerprint density at radius 2 is 1.89 bits per heavy atom. The van der Waals surface area contributed by atoms with Gasteiger partial charge >= 0.3 is 0 Å². The largest absolute Gasteiger partial charge is 0.508 e. The number of phenolic OH excluding ortho intramolecular Hbond substituents is 1. The number of hydrogen-bond donors (Lipinski definition) is 3. The quantitative estimate of drug-likeness (QED) is 0.240. The molecule has 1 unspecified atom stereocenters. The van der Waals surface area contributed by atoms with Crippen molar-refractivity contribution >= 4 is 35.8 Å². The zero-order valence-corrected chi connectivity index (χ0v) is 18.9. The lowest BCUT2D eigenvalue weighted by atomic mass is 10.2. The first-order valence-corrected chi connectivity index (χ1v) is 10.0. The fourth-order valence-corrected chi connectivity index (χ4v) is 3.81. The molecule has 2 aliphatic heterocycles. The highest BCUT2D eigenvalue weighted by molar-refractivity contribution is 14.0. The fourth-order valence-electron chi connectivity index (χ4n) is 3.81. The summed E-state index contributed by atoms with van der Waals surface area (Å²) >= 11 is 0. The Hall–Kier alpha value is -1.55. The number of carbonyl (C=O) groups excluding carboxylic acids is 1. The molecule has 156 valence electrons. The van der Waals surface area contributed by atoms with Crippen LogP contribution in [0.25, 0.3) is 0 Å². The normalized spacial score (nSPS) is 20.1. The van der Waals surface area contributed by atoms with Gasteiger partial charge in [-0.1, -0.05) is 0 Å². The average Bonchev–Trinajstić information content (AvgIpc) is 3.36. The maximum atomic E-state index is 12.1. The summed E-state index contributed by atoms with van der Waals surface area (Å²) in [6.07, 6.45) is 3.85. The number of nitrogens with one attached hydrogen (secondary N) is 2. The number of aromatic hydroxyl groups is 1. The Morgan fingerprint density at radius 1 is 1.18 bits per heavy atom. The Kier molecular flexibility index (Phi) is 9.30. The van der Waals surface area contributed by atoms with Crippen LogP contribution in [-0.2, 0) is 0 Å². The van der Waals surface area contributed by atoms with E-state index in [1.54, 1.807) is 12.1 Å². The second kappa shape index (κ2) is 11.5. The van der Waals surface area contributed by atoms with E-state index in [1.165, 1.54) is 44.5 Å². The number of phenols is 1. The van der Waals surface area contributed by atoms with Crippen molar-refractivity contribution in [1.82, 2.24) is 20.4 Å². The van der Waals surface area contributed by atoms with E-state index in [0.717, 1.165) is 25.6 Å². The third-order valence-electron chi connectivity index (χ3n) is 5.24. The second-order valence-electron chi connectivity index (χ2n) is 7.17. The van der Waals surface area contributed by atoms with Crippen LogP contribution in [0.3, 0.4) is 0 Å². The number of hydrogen-bond acceptors (Lipinski definition) is 4. The van der Waals surface area contributed by atoms with Gasteiger partial charge in [0.1, 0.15) is 5.75 Å². The second-order valence-corrected chi connectivity index (χ2v) is 7.17. The van der Waals surface area contributed by atoms with Crippen molar-refractivity contribution < 1.29 is 9.90 Å². The predicted molar refractivity (Wildman–Crippen MR) is 123 cm³/mol. The predicted octanol–water partition coefficient (Wildman–Crippen LogP) is 1.88. The molecule has 1 atom stereocenters. The molecule has 3 rings (SSSR count). The van der Waals surface area contributed by atoms with Gasteiger partial charge in [0, 0.05) is 37.8 Å². The van der Waals surface area contributed by atoms with Gasteiger partial charge in [-0.15, -0.1) is 24.0 Å². The number of halogens is 1. The first kappa shape index (κ1) is 22.7. The van der Waals surface area contributed by atoms with Gasteiger partial charge in [0.25, 0.3) is 5.91 Å². The highest BCUT2D eigenvalue weighted by Gasteiger charge is 2.30. The number of amides is 1. The molecule has 0 bridgehead atoms. The molecule has 2 fully saturated rings. The maximum Gasteiger partial charge on any atom is 0.251 e. The number of carbonyl (C=O) groups is 1. The summed E-state index contributed by atoms with van der Waals surface area (Å²) in [5.41, 5.74) is 0.539. The summed E-state index contributed by atoms with van der Waals surface area (Å²) in [6, 6.07) is 6.90. The van der Waals surface area contributed by atoms with Gasteiger partial charge in [0.15, 0.2) is 5.96 Å². The molecule has 3 N–H and O–H groups in total. The van der Waals surface area contributed by atoms with Crippen LogP contribution in [0.15, 0.2) is 29.3 Å². The van der Waals surface area contributed by atoms with Gasteiger partial charge in [0.2, 0.25) is 0 Å². The van der Waals surface area contributed by atoms with E-state index in [1.807, 2.05) is 0 Å². The molecule has 28 heavy (non-hydrogen) atoms. The van der Waals surface area contributed by atoms with Crippen LogP contribution in [0.1, 0.15) is 36.5 Å². The minimum absolute atomic E-state index is 0. The molecule has 7 nitrogen and oxygen atoms in total. The van der Waals surface area contributed by atoms with E-state index in [0.29, 0.717) is 24.7 Å². The molecule has 0 spiro atoms. The Morgan fingerprint density at radius 3 is 2.57 bits per heavy atom. The van der Waals surface area contributed by atoms with Gasteiger partial charge in [-0.05, 0) is 63.5 Å². The van der Waals surface area contributed by atoms with Crippen LogP contribution in [0.2, 0.25) is 0 Å². The molecule has 1 aromatic rings. The number of benzene rings is 1. The molecular formula is C20H32IN5O2. The fraction of sp³-hybridized carbons (Fsp3) is 0.600. The van der Waals surface area contributed by atoms with Crippen molar-refractivity contribution in [2.24, 2.45) is 4.99 Å². The lowest BCUT2D eigenvalue weighted by Crippen LogP contribution is -2.43. The van der Waals surface area contributed by atoms with E-state index in [9.17, 15) is 9.90 Å². The molecule has 1 amide bonds. The molecule has 2 heterocycles. The summed E-state index contributed by atoms with van der Waals surface area (Å²) in [4.78, 5) is 21.7. The van der Waals surface area contributed by atoms with Crippen LogP contribution < -0.4 is 10.6 Å². The highest BCUT2D eigenvalue weighted by atomic mass is 127. The lowest BCUT2D eigenvalue weighted by Gasteiger charge is -2.25. The van der Waals surface area contributed by atoms with Crippen molar-refractivity contribution in [3.05, 3.63) is 29.8 Å². The van der Waals surface area contributed by atoms with Crippen molar-refractivity contribution in [1.29, 1.82) is 0 Å². The third-order valence-corrected chi connectivity index (χ3v) is 5.24. The van der Waals surface area contributed by atoms with Gasteiger partial charge in [-0.25, -0.2) is 0 Å². The summed E-state index contributed by atoms with van der Waals surface area (Å²) < 4.78 is 0. The minimum Gasteiger partial charge on any atom is -0.508 e. The zero-order chi connectivity index (χ0) is 19.1. The summed E-state index contributed by atoms with van der Waals surface area (Å²) in [7, 11) is 0. The number of aliphatic imine (C=N–C) groups is 1. The van der Waals surface area contributed by atoms with Gasteiger partial charge in [0.05, 0.1) is 6.54 Å². The van der Waals surface area contributed by atoms with E-state index in [-0.39, 0.29) is 35.6 Å². The van der Waals surface area contributed by atoms with Crippen molar-refractivity contribution in [2.45, 2.75) is 32.2 Å². The molecule has 0 aromatic heterocycles. The molecule has 2 aliphatic rings. The first-order chi connectivity index (χ1) is 13.2. The van der Waals surface area contributed by atoms with Gasteiger partial charge in [-0.2, -0.15) is 0 Å². The van der Waals surface area contributed by atoms with Crippen LogP contribution in [0.4, 0.5) is 0 Å². The van der Waals surface area contributed by atoms with Crippen LogP contribution >= 0.6 is 24.0 Å². The first-order valence-electron chi connectivity index (χ1n) is 10.0. The van der Waals surface area contributed by atoms with Gasteiger partial charge in [-0.3, -0.25) is 14.7 Å². The van der Waals surface area contributed by atoms with Gasteiger partial charge < -0.3 is 20.6 Å². The number of guanidine groups is 1. The molecule has 1 aromatic carbocycles. The number of nitrogens with zero attached hydrogens (tertiary/aromatic N) is 3. The number of likely N-dealkylation sites (tertiary alicyclic amines) is 2. The van der Waals surface area contributed by atoms with Crippen LogP contribution in [0.5, 0.6) is 5.75 Å². The van der Waals surface area contributed by atoms with Crippen molar-refractivity contribution in [3.8, 4) is 5.75 Å². The third kappa shape index (κ3) is 6.23. The Balaban J connectivity index is 0.00000280. The molecular weight excluding hydrogens is 469 g/mol. The Bertz CT molecular complexity index is 647. The van der Waals surface area contributed by atoms with Crippen molar-refractivity contribution in [3.63, 3.8) is 0 Å². The smallest absolute Gasteiger partial charge is 0.251 e. The number of rotatable bonds is 6. The summed E-state index contributed by atoms with van der Waals surface area (Å²) in [6.45, 7) is 8.47. The van der Waals surface area contributed by atoms with E-state index >= 15 is 0 Å². The molecule has 0 saturated carbocycles. The van der Waals surface area contributed by atoms with E-state index < -0.39 is 0 Å². The SMILES string of the molecule is CCNC(=NCCNC(=O)c1ccc(O)cc1)N1CCC(N2CCCC2)C1.I. The standard InChI is InChI=1S/C20H31N5O2.HI/c1-2-21-20(25-14-9-17(15-25)24-12-3-4-13-24)23-11-10-22-19(27)16-5-7-18(26)8-6-16;/h5-8,17,26H,2-4,9-15H2,1H3,(H,21,23)(H,22,27);1H. The molecule has 2 saturated heterocycles. The Labute approximate surface area is 184 Å². The monoisotopic (exact) mass is 501 g/mol. The maximum absolute atomic E-state index is 12.1. The van der Waals surface area contributed by atoms with Crippen LogP contribution in [0, 0.1) is 0 Å². The van der Waals surface area contributed by atoms with Crippen molar-refractivity contribution in [2.75, 3.05) is 45.8 Å². The van der Waals surface area contributed by atoms with E-state index in [2.05, 4.69) is 27.4 Å². The lowest BCUT2D eigenvalue weighted by molar-refractivity contribution is 0.0955. The topological polar surface area (TPSA) is 80.2 Å². The molecule has 0 aliphatic carbocycles.